The molecule has 0 aliphatic carbocycles. The lowest BCUT2D eigenvalue weighted by atomic mass is 9.78. The first-order valence-electron chi connectivity index (χ1n) is 16.5. The predicted molar refractivity (Wildman–Crippen MR) is 181 cm³/mol. The van der Waals surface area contributed by atoms with Gasteiger partial charge in [0.25, 0.3) is 5.91 Å². The molecule has 1 saturated heterocycles. The molecule has 3 aromatic rings. The van der Waals surface area contributed by atoms with Crippen LogP contribution >= 0.6 is 0 Å². The summed E-state index contributed by atoms with van der Waals surface area (Å²) in [5.41, 5.74) is 4.28. The third kappa shape index (κ3) is 8.95. The van der Waals surface area contributed by atoms with Gasteiger partial charge in [0.15, 0.2) is 0 Å². The maximum Gasteiger partial charge on any atom is 0.253 e. The number of carbonyl (C=O) groups excluding carboxylic acids is 2. The number of carbonyl (C=O) groups is 2. The SMILES string of the molecule is COc1c(C(C)(C)C)cc(C(=O)N2CCC(CNC(=O)CCCCC(c3ccc(F)cc3)c3ccc(F)cc3)C2)cc1C(C)(C)C. The fraction of sp³-hybridized carbons (Fsp3) is 0.487. The Morgan fingerprint density at radius 1 is 0.870 bits per heavy atom. The Morgan fingerprint density at radius 2 is 1.39 bits per heavy atom. The summed E-state index contributed by atoms with van der Waals surface area (Å²) in [4.78, 5) is 28.4. The van der Waals surface area contributed by atoms with Crippen molar-refractivity contribution < 1.29 is 23.1 Å². The molecule has 248 valence electrons. The zero-order valence-electron chi connectivity index (χ0n) is 28.5. The van der Waals surface area contributed by atoms with Crippen molar-refractivity contribution in [2.45, 2.75) is 90.4 Å². The van der Waals surface area contributed by atoms with E-state index < -0.39 is 0 Å². The van der Waals surface area contributed by atoms with Gasteiger partial charge in [-0.1, -0.05) is 72.2 Å². The molecule has 0 saturated carbocycles. The van der Waals surface area contributed by atoms with Crippen LogP contribution in [0, 0.1) is 17.6 Å². The fourth-order valence-electron chi connectivity index (χ4n) is 6.35. The molecule has 3 aromatic carbocycles. The second-order valence-corrected chi connectivity index (χ2v) is 14.7. The summed E-state index contributed by atoms with van der Waals surface area (Å²) in [6.07, 6.45) is 3.53. The lowest BCUT2D eigenvalue weighted by molar-refractivity contribution is -0.121. The van der Waals surface area contributed by atoms with Gasteiger partial charge in [-0.2, -0.15) is 0 Å². The average Bonchev–Trinajstić information content (AvgIpc) is 3.48. The largest absolute Gasteiger partial charge is 0.496 e. The zero-order chi connectivity index (χ0) is 33.6. The summed E-state index contributed by atoms with van der Waals surface area (Å²) in [6.45, 7) is 14.6. The molecule has 1 fully saturated rings. The number of hydrogen-bond donors (Lipinski definition) is 1. The number of nitrogens with zero attached hydrogens (tertiary/aromatic N) is 1. The van der Waals surface area contributed by atoms with Gasteiger partial charge in [0.05, 0.1) is 7.11 Å². The Hall–Kier alpha value is -3.74. The first-order chi connectivity index (χ1) is 21.7. The first-order valence-corrected chi connectivity index (χ1v) is 16.5. The molecule has 0 aromatic heterocycles. The second kappa shape index (κ2) is 14.8. The van der Waals surface area contributed by atoms with E-state index >= 15 is 0 Å². The van der Waals surface area contributed by atoms with Crippen molar-refractivity contribution >= 4 is 11.8 Å². The minimum absolute atomic E-state index is 0.00377. The number of likely N-dealkylation sites (tertiary alicyclic amines) is 1. The lowest BCUT2D eigenvalue weighted by Gasteiger charge is -2.30. The number of amides is 2. The van der Waals surface area contributed by atoms with E-state index in [2.05, 4.69) is 46.9 Å². The maximum atomic E-state index is 13.7. The van der Waals surface area contributed by atoms with Gasteiger partial charge >= 0.3 is 0 Å². The van der Waals surface area contributed by atoms with Gasteiger partial charge in [-0.3, -0.25) is 9.59 Å². The Kier molecular flexibility index (Phi) is 11.3. The monoisotopic (exact) mass is 632 g/mol. The third-order valence-corrected chi connectivity index (χ3v) is 9.01. The van der Waals surface area contributed by atoms with Crippen LogP contribution in [-0.2, 0) is 15.6 Å². The van der Waals surface area contributed by atoms with Gasteiger partial charge in [-0.25, -0.2) is 8.78 Å². The summed E-state index contributed by atoms with van der Waals surface area (Å²) < 4.78 is 32.9. The number of ether oxygens (including phenoxy) is 1. The van der Waals surface area contributed by atoms with Crippen molar-refractivity contribution in [3.05, 3.63) is 100 Å². The fourth-order valence-corrected chi connectivity index (χ4v) is 6.35. The molecule has 1 atom stereocenters. The van der Waals surface area contributed by atoms with E-state index in [9.17, 15) is 18.4 Å². The molecule has 1 unspecified atom stereocenters. The molecule has 1 heterocycles. The summed E-state index contributed by atoms with van der Waals surface area (Å²) >= 11 is 0. The van der Waals surface area contributed by atoms with Crippen molar-refractivity contribution in [1.82, 2.24) is 10.2 Å². The summed E-state index contributed by atoms with van der Waals surface area (Å²) in [7, 11) is 1.69. The molecule has 2 amide bonds. The predicted octanol–water partition coefficient (Wildman–Crippen LogP) is 8.54. The Balaban J connectivity index is 1.29. The molecule has 7 heteroatoms. The van der Waals surface area contributed by atoms with Gasteiger partial charge in [-0.05, 0) is 83.5 Å². The van der Waals surface area contributed by atoms with Gasteiger partial charge < -0.3 is 15.0 Å². The van der Waals surface area contributed by atoms with Crippen LogP contribution in [0.1, 0.15) is 112 Å². The average molecular weight is 633 g/mol. The zero-order valence-corrected chi connectivity index (χ0v) is 28.5. The standard InChI is InChI=1S/C39H50F2N2O3/c1-38(2,3)33-22-29(23-34(36(33)46-7)39(4,5)6)37(45)43-21-20-26(25-43)24-42-35(44)11-9-8-10-32(27-12-16-30(40)17-13-27)28-14-18-31(41)19-15-28/h12-19,22-23,26,32H,8-11,20-21,24-25H2,1-7H3,(H,42,44). The normalized spacial score (nSPS) is 15.3. The van der Waals surface area contributed by atoms with Crippen molar-refractivity contribution in [3.63, 3.8) is 0 Å². The number of hydrogen-bond acceptors (Lipinski definition) is 3. The topological polar surface area (TPSA) is 58.6 Å². The minimum atomic E-state index is -0.293. The molecular formula is C39H50F2N2O3. The molecule has 0 spiro atoms. The van der Waals surface area contributed by atoms with Crippen LogP contribution in [0.2, 0.25) is 0 Å². The molecular weight excluding hydrogens is 582 g/mol. The molecule has 46 heavy (non-hydrogen) atoms. The van der Waals surface area contributed by atoms with E-state index in [-0.39, 0.29) is 46.1 Å². The van der Waals surface area contributed by atoms with E-state index in [1.54, 1.807) is 31.4 Å². The number of halogens is 2. The number of benzene rings is 3. The highest BCUT2D eigenvalue weighted by Crippen LogP contribution is 2.41. The first kappa shape index (κ1) is 35.1. The van der Waals surface area contributed by atoms with Crippen molar-refractivity contribution in [2.75, 3.05) is 26.7 Å². The molecule has 1 aliphatic heterocycles. The Bertz CT molecular complexity index is 1410. The Morgan fingerprint density at radius 3 is 1.87 bits per heavy atom. The molecule has 0 bridgehead atoms. The van der Waals surface area contributed by atoms with Gasteiger partial charge in [0.2, 0.25) is 5.91 Å². The van der Waals surface area contributed by atoms with Crippen molar-refractivity contribution in [3.8, 4) is 5.75 Å². The van der Waals surface area contributed by atoms with E-state index in [0.717, 1.165) is 47.3 Å². The van der Waals surface area contributed by atoms with Crippen LogP contribution in [0.15, 0.2) is 60.7 Å². The minimum Gasteiger partial charge on any atom is -0.496 e. The van der Waals surface area contributed by atoms with E-state index in [4.69, 9.17) is 4.74 Å². The van der Waals surface area contributed by atoms with E-state index in [1.165, 1.54) is 24.3 Å². The number of unbranched alkanes of at least 4 members (excludes halogenated alkanes) is 1. The van der Waals surface area contributed by atoms with Crippen molar-refractivity contribution in [2.24, 2.45) is 5.92 Å². The number of rotatable bonds is 11. The van der Waals surface area contributed by atoms with Gasteiger partial charge in [0.1, 0.15) is 17.4 Å². The Labute approximate surface area is 273 Å². The van der Waals surface area contributed by atoms with Crippen LogP contribution in [0.5, 0.6) is 5.75 Å². The maximum absolute atomic E-state index is 13.7. The summed E-state index contributed by atoms with van der Waals surface area (Å²) in [5.74, 6) is 0.484. The van der Waals surface area contributed by atoms with E-state index in [1.807, 2.05) is 17.0 Å². The van der Waals surface area contributed by atoms with Crippen LogP contribution in [0.25, 0.3) is 0 Å². The van der Waals surface area contributed by atoms with Crippen LogP contribution in [-0.4, -0.2) is 43.5 Å². The highest BCUT2D eigenvalue weighted by atomic mass is 19.1. The molecule has 1 N–H and O–H groups in total. The molecule has 0 radical (unpaired) electrons. The quantitative estimate of drug-likeness (QED) is 0.216. The summed E-state index contributed by atoms with van der Waals surface area (Å²) in [6, 6.07) is 16.8. The molecule has 1 aliphatic rings. The van der Waals surface area contributed by atoms with Crippen LogP contribution in [0.3, 0.4) is 0 Å². The number of methoxy groups -OCH3 is 1. The van der Waals surface area contributed by atoms with Crippen LogP contribution < -0.4 is 10.1 Å². The molecule has 5 nitrogen and oxygen atoms in total. The summed E-state index contributed by atoms with van der Waals surface area (Å²) in [5, 5.41) is 3.08. The lowest BCUT2D eigenvalue weighted by Crippen LogP contribution is -2.33. The highest BCUT2D eigenvalue weighted by Gasteiger charge is 2.32. The number of nitrogens with one attached hydrogen (secondary N) is 1. The van der Waals surface area contributed by atoms with Crippen molar-refractivity contribution in [1.29, 1.82) is 0 Å². The second-order valence-electron chi connectivity index (χ2n) is 14.7. The van der Waals surface area contributed by atoms with Gasteiger partial charge in [0, 0.05) is 48.7 Å². The van der Waals surface area contributed by atoms with Gasteiger partial charge in [-0.15, -0.1) is 0 Å². The van der Waals surface area contributed by atoms with Crippen LogP contribution in [0.4, 0.5) is 8.78 Å². The van der Waals surface area contributed by atoms with E-state index in [0.29, 0.717) is 38.0 Å². The smallest absolute Gasteiger partial charge is 0.253 e. The highest BCUT2D eigenvalue weighted by molar-refractivity contribution is 5.95. The third-order valence-electron chi connectivity index (χ3n) is 9.01. The molecule has 4 rings (SSSR count).